The monoisotopic (exact) mass is 249 g/mol. The number of rotatable bonds is 5. The van der Waals surface area contributed by atoms with Crippen LogP contribution in [0, 0.1) is 12.8 Å². The van der Waals surface area contributed by atoms with Gasteiger partial charge in [0, 0.05) is 5.92 Å². The van der Waals surface area contributed by atoms with E-state index in [0.717, 1.165) is 24.4 Å². The summed E-state index contributed by atoms with van der Waals surface area (Å²) in [5.41, 5.74) is 0. The minimum absolute atomic E-state index is 0.305. The summed E-state index contributed by atoms with van der Waals surface area (Å²) in [6, 6.07) is 3.95. The van der Waals surface area contributed by atoms with E-state index in [0.29, 0.717) is 24.8 Å². The lowest BCUT2D eigenvalue weighted by atomic mass is 9.86. The SMILES string of the molecule is Cc1ccc(CN(C)CC(=O)C2CCCCC2)o1. The number of likely N-dealkylation sites (N-methyl/N-ethyl adjacent to an activating group) is 1. The molecule has 1 heterocycles. The number of carbonyl (C=O) groups excluding carboxylic acids is 1. The molecule has 0 atom stereocenters. The highest BCUT2D eigenvalue weighted by atomic mass is 16.3. The van der Waals surface area contributed by atoms with Crippen LogP contribution in [0.3, 0.4) is 0 Å². The molecule has 3 heteroatoms. The normalized spacial score (nSPS) is 17.3. The minimum Gasteiger partial charge on any atom is -0.465 e. The Bertz CT molecular complexity index is 391. The number of hydrogen-bond donors (Lipinski definition) is 0. The van der Waals surface area contributed by atoms with E-state index in [4.69, 9.17) is 4.42 Å². The van der Waals surface area contributed by atoms with E-state index in [-0.39, 0.29) is 0 Å². The molecule has 3 nitrogen and oxygen atoms in total. The van der Waals surface area contributed by atoms with Crippen molar-refractivity contribution in [1.82, 2.24) is 4.90 Å². The molecule has 0 N–H and O–H groups in total. The highest BCUT2D eigenvalue weighted by Crippen LogP contribution is 2.24. The topological polar surface area (TPSA) is 33.5 Å². The second-order valence-electron chi connectivity index (χ2n) is 5.49. The molecular weight excluding hydrogens is 226 g/mol. The van der Waals surface area contributed by atoms with E-state index in [2.05, 4.69) is 4.90 Å². The zero-order valence-corrected chi connectivity index (χ0v) is 11.4. The van der Waals surface area contributed by atoms with Gasteiger partial charge in [-0.3, -0.25) is 9.69 Å². The van der Waals surface area contributed by atoms with Gasteiger partial charge in [0.1, 0.15) is 17.3 Å². The van der Waals surface area contributed by atoms with E-state index in [1.165, 1.54) is 19.3 Å². The van der Waals surface area contributed by atoms with Crippen LogP contribution in [0.25, 0.3) is 0 Å². The maximum absolute atomic E-state index is 12.1. The van der Waals surface area contributed by atoms with Crippen LogP contribution in [0.1, 0.15) is 43.6 Å². The standard InChI is InChI=1S/C15H23NO2/c1-12-8-9-14(18-12)10-16(2)11-15(17)13-6-4-3-5-7-13/h8-9,13H,3-7,10-11H2,1-2H3. The van der Waals surface area contributed by atoms with Gasteiger partial charge in [-0.05, 0) is 38.9 Å². The molecule has 1 aliphatic rings. The zero-order valence-electron chi connectivity index (χ0n) is 11.4. The van der Waals surface area contributed by atoms with Gasteiger partial charge >= 0.3 is 0 Å². The molecule has 18 heavy (non-hydrogen) atoms. The lowest BCUT2D eigenvalue weighted by molar-refractivity contribution is -0.124. The number of ketones is 1. The van der Waals surface area contributed by atoms with Gasteiger partial charge in [0.25, 0.3) is 0 Å². The van der Waals surface area contributed by atoms with Crippen LogP contribution in [0.5, 0.6) is 0 Å². The maximum Gasteiger partial charge on any atom is 0.149 e. The Morgan fingerprint density at radius 3 is 2.67 bits per heavy atom. The number of Topliss-reactive ketones (excluding diaryl/α,β-unsaturated/α-hetero) is 1. The largest absolute Gasteiger partial charge is 0.465 e. The third-order valence-electron chi connectivity index (χ3n) is 3.71. The van der Waals surface area contributed by atoms with Crippen LogP contribution >= 0.6 is 0 Å². The molecule has 1 fully saturated rings. The first-order chi connectivity index (χ1) is 8.65. The van der Waals surface area contributed by atoms with E-state index < -0.39 is 0 Å². The lowest BCUT2D eigenvalue weighted by Gasteiger charge is -2.23. The van der Waals surface area contributed by atoms with E-state index in [9.17, 15) is 4.79 Å². The van der Waals surface area contributed by atoms with Gasteiger partial charge in [0.15, 0.2) is 0 Å². The fourth-order valence-electron chi connectivity index (χ4n) is 2.71. The molecule has 2 rings (SSSR count). The van der Waals surface area contributed by atoms with Crippen molar-refractivity contribution in [2.75, 3.05) is 13.6 Å². The van der Waals surface area contributed by atoms with Crippen LogP contribution in [0.2, 0.25) is 0 Å². The quantitative estimate of drug-likeness (QED) is 0.803. The summed E-state index contributed by atoms with van der Waals surface area (Å²) in [6.45, 7) is 3.20. The Kier molecular flexibility index (Phi) is 4.59. The van der Waals surface area contributed by atoms with Crippen LogP contribution in [-0.2, 0) is 11.3 Å². The molecule has 1 aromatic rings. The number of nitrogens with zero attached hydrogens (tertiary/aromatic N) is 1. The molecule has 100 valence electrons. The molecule has 1 aromatic heterocycles. The van der Waals surface area contributed by atoms with Gasteiger partial charge in [-0.1, -0.05) is 19.3 Å². The average molecular weight is 249 g/mol. The summed E-state index contributed by atoms with van der Waals surface area (Å²) in [5, 5.41) is 0. The van der Waals surface area contributed by atoms with Crippen molar-refractivity contribution in [3.63, 3.8) is 0 Å². The predicted octanol–water partition coefficient (Wildman–Crippen LogP) is 3.17. The van der Waals surface area contributed by atoms with Crippen molar-refractivity contribution >= 4 is 5.78 Å². The van der Waals surface area contributed by atoms with Gasteiger partial charge in [-0.2, -0.15) is 0 Å². The van der Waals surface area contributed by atoms with Gasteiger partial charge in [0.2, 0.25) is 0 Å². The molecular formula is C15H23NO2. The van der Waals surface area contributed by atoms with Crippen molar-refractivity contribution in [3.8, 4) is 0 Å². The van der Waals surface area contributed by atoms with Gasteiger partial charge < -0.3 is 4.42 Å². The Hall–Kier alpha value is -1.09. The molecule has 0 bridgehead atoms. The molecule has 1 aliphatic carbocycles. The van der Waals surface area contributed by atoms with Crippen molar-refractivity contribution in [3.05, 3.63) is 23.7 Å². The van der Waals surface area contributed by atoms with Crippen molar-refractivity contribution < 1.29 is 9.21 Å². The smallest absolute Gasteiger partial charge is 0.149 e. The van der Waals surface area contributed by atoms with E-state index >= 15 is 0 Å². The first-order valence-corrected chi connectivity index (χ1v) is 6.92. The molecule has 0 amide bonds. The second kappa shape index (κ2) is 6.19. The van der Waals surface area contributed by atoms with Crippen molar-refractivity contribution in [2.45, 2.75) is 45.6 Å². The predicted molar refractivity (Wildman–Crippen MR) is 71.4 cm³/mol. The third-order valence-corrected chi connectivity index (χ3v) is 3.71. The molecule has 0 aromatic carbocycles. The maximum atomic E-state index is 12.1. The fourth-order valence-corrected chi connectivity index (χ4v) is 2.71. The van der Waals surface area contributed by atoms with Crippen molar-refractivity contribution in [2.24, 2.45) is 5.92 Å². The van der Waals surface area contributed by atoms with Crippen LogP contribution in [0.15, 0.2) is 16.5 Å². The van der Waals surface area contributed by atoms with Crippen molar-refractivity contribution in [1.29, 1.82) is 0 Å². The van der Waals surface area contributed by atoms with Crippen LogP contribution in [0.4, 0.5) is 0 Å². The molecule has 0 spiro atoms. The van der Waals surface area contributed by atoms with E-state index in [1.807, 2.05) is 26.1 Å². The van der Waals surface area contributed by atoms with Gasteiger partial charge in [-0.25, -0.2) is 0 Å². The van der Waals surface area contributed by atoms with Crippen LogP contribution in [-0.4, -0.2) is 24.3 Å². The summed E-state index contributed by atoms with van der Waals surface area (Å²) in [5.74, 6) is 2.57. The number of aryl methyl sites for hydroxylation is 1. The summed E-state index contributed by atoms with van der Waals surface area (Å²) in [6.07, 6.45) is 5.92. The zero-order chi connectivity index (χ0) is 13.0. The summed E-state index contributed by atoms with van der Waals surface area (Å²) < 4.78 is 5.53. The number of furan rings is 1. The van der Waals surface area contributed by atoms with E-state index in [1.54, 1.807) is 0 Å². The number of carbonyl (C=O) groups is 1. The van der Waals surface area contributed by atoms with Gasteiger partial charge in [-0.15, -0.1) is 0 Å². The Labute approximate surface area is 109 Å². The summed E-state index contributed by atoms with van der Waals surface area (Å²) >= 11 is 0. The summed E-state index contributed by atoms with van der Waals surface area (Å²) in [4.78, 5) is 14.2. The minimum atomic E-state index is 0.305. The average Bonchev–Trinajstić information content (AvgIpc) is 2.75. The van der Waals surface area contributed by atoms with Gasteiger partial charge in [0.05, 0.1) is 13.1 Å². The van der Waals surface area contributed by atoms with Crippen LogP contribution < -0.4 is 0 Å². The second-order valence-corrected chi connectivity index (χ2v) is 5.49. The Morgan fingerprint density at radius 2 is 2.06 bits per heavy atom. The molecule has 0 radical (unpaired) electrons. The Morgan fingerprint density at radius 1 is 1.33 bits per heavy atom. The third kappa shape index (κ3) is 3.70. The Balaban J connectivity index is 1.79. The molecule has 0 aliphatic heterocycles. The molecule has 0 saturated heterocycles. The fraction of sp³-hybridized carbons (Fsp3) is 0.667. The number of hydrogen-bond acceptors (Lipinski definition) is 3. The summed E-state index contributed by atoms with van der Waals surface area (Å²) in [7, 11) is 1.98. The first-order valence-electron chi connectivity index (χ1n) is 6.92. The highest BCUT2D eigenvalue weighted by Gasteiger charge is 2.22. The highest BCUT2D eigenvalue weighted by molar-refractivity contribution is 5.82. The molecule has 0 unspecified atom stereocenters. The molecule has 1 saturated carbocycles. The first kappa shape index (κ1) is 13.3. The lowest BCUT2D eigenvalue weighted by Crippen LogP contribution is -2.31.